The Hall–Kier alpha value is -2.12. The van der Waals surface area contributed by atoms with Crippen LogP contribution >= 0.6 is 0 Å². The average molecular weight is 571 g/mol. The summed E-state index contributed by atoms with van der Waals surface area (Å²) in [6.07, 6.45) is 7.75. The zero-order valence-electron chi connectivity index (χ0n) is 27.3. The van der Waals surface area contributed by atoms with Crippen molar-refractivity contribution in [3.63, 3.8) is 0 Å². The molecular weight excluding hydrogens is 512 g/mol. The van der Waals surface area contributed by atoms with E-state index in [1.807, 2.05) is 13.8 Å². The maximum atomic E-state index is 13.8. The summed E-state index contributed by atoms with van der Waals surface area (Å²) in [5.74, 6) is -1.76. The molecular formula is C32H58O8. The van der Waals surface area contributed by atoms with Gasteiger partial charge in [0.15, 0.2) is 5.41 Å². The fourth-order valence-corrected chi connectivity index (χ4v) is 4.67. The molecule has 0 aliphatic heterocycles. The molecule has 0 heterocycles. The van der Waals surface area contributed by atoms with Gasteiger partial charge in [-0.25, -0.2) is 0 Å². The summed E-state index contributed by atoms with van der Waals surface area (Å²) in [5.41, 5.74) is -3.65. The number of unbranched alkanes of at least 4 members (excludes halogenated alkanes) is 4. The first-order valence-corrected chi connectivity index (χ1v) is 15.0. The molecule has 0 saturated carbocycles. The summed E-state index contributed by atoms with van der Waals surface area (Å²) in [5, 5.41) is 0. The number of methoxy groups -OCH3 is 1. The SMILES string of the molecule is CCCCCC(CCCC(CCCCCC(C)(C)C(=O)OC)(C(=O)OC(C)(C)C)C(=O)OC(C)(C)C)OC(C)=O. The van der Waals surface area contributed by atoms with Crippen molar-refractivity contribution in [1.29, 1.82) is 0 Å². The van der Waals surface area contributed by atoms with Crippen LogP contribution in [0, 0.1) is 10.8 Å². The Bertz CT molecular complexity index is 773. The average Bonchev–Trinajstić information content (AvgIpc) is 2.79. The van der Waals surface area contributed by atoms with Gasteiger partial charge in [-0.15, -0.1) is 0 Å². The minimum absolute atomic E-state index is 0.232. The van der Waals surface area contributed by atoms with Gasteiger partial charge < -0.3 is 18.9 Å². The zero-order valence-corrected chi connectivity index (χ0v) is 27.3. The molecule has 0 N–H and O–H groups in total. The number of ether oxygens (including phenoxy) is 4. The van der Waals surface area contributed by atoms with Crippen LogP contribution in [-0.4, -0.2) is 48.3 Å². The number of rotatable bonds is 18. The van der Waals surface area contributed by atoms with E-state index >= 15 is 0 Å². The number of esters is 4. The third-order valence-electron chi connectivity index (χ3n) is 6.81. The summed E-state index contributed by atoms with van der Waals surface area (Å²) < 4.78 is 22.1. The van der Waals surface area contributed by atoms with Crippen LogP contribution in [0.5, 0.6) is 0 Å². The molecule has 0 rings (SSSR count). The van der Waals surface area contributed by atoms with Crippen molar-refractivity contribution in [2.24, 2.45) is 10.8 Å². The van der Waals surface area contributed by atoms with Gasteiger partial charge in [-0.3, -0.25) is 19.2 Å². The Balaban J connectivity index is 5.93. The third kappa shape index (κ3) is 15.0. The van der Waals surface area contributed by atoms with Gasteiger partial charge in [0.2, 0.25) is 0 Å². The molecule has 8 nitrogen and oxygen atoms in total. The molecule has 0 fully saturated rings. The number of carbonyl (C=O) groups excluding carboxylic acids is 4. The van der Waals surface area contributed by atoms with Crippen LogP contribution in [0.15, 0.2) is 0 Å². The first kappa shape index (κ1) is 37.9. The van der Waals surface area contributed by atoms with Gasteiger partial charge in [0.1, 0.15) is 17.3 Å². The molecule has 0 aromatic heterocycles. The number of hydrogen-bond donors (Lipinski definition) is 0. The van der Waals surface area contributed by atoms with E-state index in [9.17, 15) is 19.2 Å². The lowest BCUT2D eigenvalue weighted by Gasteiger charge is -2.35. The summed E-state index contributed by atoms with van der Waals surface area (Å²) in [6.45, 7) is 17.9. The fraction of sp³-hybridized carbons (Fsp3) is 0.875. The zero-order chi connectivity index (χ0) is 31.2. The van der Waals surface area contributed by atoms with Crippen molar-refractivity contribution < 1.29 is 38.1 Å². The van der Waals surface area contributed by atoms with Crippen LogP contribution in [0.2, 0.25) is 0 Å². The molecule has 0 spiro atoms. The van der Waals surface area contributed by atoms with Gasteiger partial charge in [-0.2, -0.15) is 0 Å². The normalized spacial score (nSPS) is 13.4. The maximum Gasteiger partial charge on any atom is 0.324 e. The van der Waals surface area contributed by atoms with Crippen molar-refractivity contribution in [3.05, 3.63) is 0 Å². The fourth-order valence-electron chi connectivity index (χ4n) is 4.67. The van der Waals surface area contributed by atoms with Gasteiger partial charge in [-0.1, -0.05) is 39.0 Å². The third-order valence-corrected chi connectivity index (χ3v) is 6.81. The largest absolute Gasteiger partial charge is 0.469 e. The van der Waals surface area contributed by atoms with E-state index in [1.54, 1.807) is 41.5 Å². The topological polar surface area (TPSA) is 105 Å². The predicted octanol–water partition coefficient (Wildman–Crippen LogP) is 7.49. The Morgan fingerprint density at radius 1 is 0.625 bits per heavy atom. The minimum atomic E-state index is -1.48. The molecule has 40 heavy (non-hydrogen) atoms. The molecule has 0 radical (unpaired) electrons. The van der Waals surface area contributed by atoms with Crippen molar-refractivity contribution in [3.8, 4) is 0 Å². The highest BCUT2D eigenvalue weighted by Crippen LogP contribution is 2.38. The van der Waals surface area contributed by atoms with Crippen LogP contribution < -0.4 is 0 Å². The van der Waals surface area contributed by atoms with Gasteiger partial charge in [0.05, 0.1) is 12.5 Å². The number of carbonyl (C=O) groups is 4. The lowest BCUT2D eigenvalue weighted by atomic mass is 9.76. The molecule has 0 amide bonds. The summed E-state index contributed by atoms with van der Waals surface area (Å²) in [4.78, 5) is 51.3. The Kier molecular flexibility index (Phi) is 16.1. The van der Waals surface area contributed by atoms with Gasteiger partial charge in [0.25, 0.3) is 0 Å². The predicted molar refractivity (Wildman–Crippen MR) is 157 cm³/mol. The summed E-state index contributed by atoms with van der Waals surface area (Å²) in [7, 11) is 1.38. The van der Waals surface area contributed by atoms with Crippen molar-refractivity contribution in [2.75, 3.05) is 7.11 Å². The minimum Gasteiger partial charge on any atom is -0.469 e. The van der Waals surface area contributed by atoms with Crippen molar-refractivity contribution >= 4 is 23.9 Å². The smallest absolute Gasteiger partial charge is 0.324 e. The molecule has 0 aliphatic rings. The van der Waals surface area contributed by atoms with Gasteiger partial charge in [-0.05, 0) is 100 Å². The van der Waals surface area contributed by atoms with Crippen LogP contribution in [-0.2, 0) is 38.1 Å². The molecule has 8 heteroatoms. The second-order valence-corrected chi connectivity index (χ2v) is 13.6. The van der Waals surface area contributed by atoms with Crippen molar-refractivity contribution in [1.82, 2.24) is 0 Å². The lowest BCUT2D eigenvalue weighted by molar-refractivity contribution is -0.187. The Morgan fingerprint density at radius 3 is 1.55 bits per heavy atom. The second kappa shape index (κ2) is 17.0. The monoisotopic (exact) mass is 570 g/mol. The molecule has 1 atom stereocenters. The van der Waals surface area contributed by atoms with Crippen LogP contribution in [0.3, 0.4) is 0 Å². The maximum absolute atomic E-state index is 13.8. The first-order chi connectivity index (χ1) is 18.3. The second-order valence-electron chi connectivity index (χ2n) is 13.6. The summed E-state index contributed by atoms with van der Waals surface area (Å²) in [6, 6.07) is 0. The molecule has 0 aliphatic carbocycles. The molecule has 0 bridgehead atoms. The van der Waals surface area contributed by atoms with E-state index in [0.717, 1.165) is 38.5 Å². The Labute approximate surface area is 243 Å². The summed E-state index contributed by atoms with van der Waals surface area (Å²) >= 11 is 0. The highest BCUT2D eigenvalue weighted by molar-refractivity contribution is 6.00. The quantitative estimate of drug-likeness (QED) is 0.0722. The van der Waals surface area contributed by atoms with E-state index in [4.69, 9.17) is 18.9 Å². The molecule has 0 aromatic rings. The molecule has 0 aromatic carbocycles. The molecule has 0 saturated heterocycles. The van der Waals surface area contributed by atoms with Crippen molar-refractivity contribution in [2.45, 2.75) is 164 Å². The highest BCUT2D eigenvalue weighted by Gasteiger charge is 2.50. The highest BCUT2D eigenvalue weighted by atomic mass is 16.6. The van der Waals surface area contributed by atoms with Gasteiger partial charge in [0, 0.05) is 6.92 Å². The van der Waals surface area contributed by atoms with Crippen LogP contribution in [0.25, 0.3) is 0 Å². The Morgan fingerprint density at radius 2 is 1.10 bits per heavy atom. The van der Waals surface area contributed by atoms with Gasteiger partial charge >= 0.3 is 23.9 Å². The van der Waals surface area contributed by atoms with E-state index in [1.165, 1.54) is 14.0 Å². The number of hydrogen-bond acceptors (Lipinski definition) is 8. The standard InChI is InChI=1S/C32H58O8/c1-12-13-15-19-25(38-24(2)33)20-18-23-32(27(35)39-29(3,4)5,28(36)40-30(6,7)8)22-17-14-16-21-31(9,10)26(34)37-11/h25H,12-23H2,1-11H3. The van der Waals surface area contributed by atoms with Crippen LogP contribution in [0.1, 0.15) is 146 Å². The van der Waals surface area contributed by atoms with Crippen LogP contribution in [0.4, 0.5) is 0 Å². The lowest BCUT2D eigenvalue weighted by Crippen LogP contribution is -2.47. The van der Waals surface area contributed by atoms with E-state index in [0.29, 0.717) is 25.7 Å². The van der Waals surface area contributed by atoms with E-state index in [2.05, 4.69) is 6.92 Å². The molecule has 1 unspecified atom stereocenters. The first-order valence-electron chi connectivity index (χ1n) is 15.0. The van der Waals surface area contributed by atoms with E-state index < -0.39 is 34.0 Å². The molecule has 234 valence electrons. The van der Waals surface area contributed by atoms with E-state index in [-0.39, 0.29) is 30.9 Å².